The number of benzene rings is 1. The van der Waals surface area contributed by atoms with Crippen LogP contribution in [0.2, 0.25) is 5.02 Å². The van der Waals surface area contributed by atoms with Crippen LogP contribution in [-0.2, 0) is 6.54 Å². The van der Waals surface area contributed by atoms with Gasteiger partial charge in [-0.15, -0.1) is 0 Å². The van der Waals surface area contributed by atoms with Crippen molar-refractivity contribution < 1.29 is 4.79 Å². The van der Waals surface area contributed by atoms with E-state index in [-0.39, 0.29) is 12.1 Å². The fourth-order valence-electron chi connectivity index (χ4n) is 2.32. The highest BCUT2D eigenvalue weighted by Crippen LogP contribution is 2.15. The van der Waals surface area contributed by atoms with E-state index in [0.29, 0.717) is 5.02 Å². The molecule has 6 nitrogen and oxygen atoms in total. The van der Waals surface area contributed by atoms with E-state index < -0.39 is 11.5 Å². The molecule has 0 fully saturated rings. The molecule has 0 spiro atoms. The van der Waals surface area contributed by atoms with Crippen molar-refractivity contribution in [3.05, 3.63) is 99.2 Å². The number of carbonyl (C=O) groups is 1. The van der Waals surface area contributed by atoms with E-state index in [1.165, 1.54) is 16.8 Å². The second-order valence-corrected chi connectivity index (χ2v) is 5.83. The minimum atomic E-state index is -0.575. The van der Waals surface area contributed by atoms with Crippen molar-refractivity contribution in [1.29, 1.82) is 0 Å². The zero-order valence-corrected chi connectivity index (χ0v) is 14.4. The summed E-state index contributed by atoms with van der Waals surface area (Å²) < 4.78 is 1.43. The lowest BCUT2D eigenvalue weighted by Crippen LogP contribution is -2.30. The van der Waals surface area contributed by atoms with Crippen molar-refractivity contribution in [3.63, 3.8) is 0 Å². The van der Waals surface area contributed by atoms with Gasteiger partial charge in [0.15, 0.2) is 0 Å². The average molecular weight is 367 g/mol. The van der Waals surface area contributed by atoms with E-state index >= 15 is 0 Å². The van der Waals surface area contributed by atoms with Gasteiger partial charge in [0.1, 0.15) is 5.56 Å². The van der Waals surface area contributed by atoms with E-state index in [2.05, 4.69) is 15.5 Å². The van der Waals surface area contributed by atoms with Crippen LogP contribution in [0.1, 0.15) is 21.5 Å². The molecule has 0 atom stereocenters. The number of hydrogen-bond donors (Lipinski definition) is 1. The topological polar surface area (TPSA) is 76.3 Å². The van der Waals surface area contributed by atoms with Gasteiger partial charge in [0.2, 0.25) is 0 Å². The lowest BCUT2D eigenvalue weighted by molar-refractivity contribution is 0.0953. The van der Waals surface area contributed by atoms with Crippen LogP contribution in [0.4, 0.5) is 0 Å². The van der Waals surface area contributed by atoms with Crippen molar-refractivity contribution in [2.24, 2.45) is 5.10 Å². The number of carbonyl (C=O) groups excluding carboxylic acids is 1. The Bertz CT molecular complexity index is 1000. The van der Waals surface area contributed by atoms with Gasteiger partial charge in [0.05, 0.1) is 12.8 Å². The third kappa shape index (κ3) is 4.23. The lowest BCUT2D eigenvalue weighted by Gasteiger charge is -2.09. The Morgan fingerprint density at radius 2 is 1.92 bits per heavy atom. The summed E-state index contributed by atoms with van der Waals surface area (Å²) in [6.07, 6.45) is 6.33. The SMILES string of the molecule is O=C(N/N=C\c1ccncc1)c1cccn(Cc2ccccc2Cl)c1=O. The number of nitrogens with one attached hydrogen (secondary N) is 1. The van der Waals surface area contributed by atoms with Gasteiger partial charge in [-0.1, -0.05) is 29.8 Å². The van der Waals surface area contributed by atoms with Crippen molar-refractivity contribution in [2.45, 2.75) is 6.54 Å². The molecule has 1 N–H and O–H groups in total. The van der Waals surface area contributed by atoms with Gasteiger partial charge in [-0.05, 0) is 41.5 Å². The first-order valence-corrected chi connectivity index (χ1v) is 8.19. The molecule has 0 aliphatic heterocycles. The molecule has 2 aromatic heterocycles. The summed E-state index contributed by atoms with van der Waals surface area (Å²) in [4.78, 5) is 28.7. The molecule has 1 amide bonds. The van der Waals surface area contributed by atoms with E-state index in [9.17, 15) is 9.59 Å². The van der Waals surface area contributed by atoms with Gasteiger partial charge >= 0.3 is 0 Å². The second kappa shape index (κ2) is 8.22. The number of halogens is 1. The second-order valence-electron chi connectivity index (χ2n) is 5.43. The highest BCUT2D eigenvalue weighted by molar-refractivity contribution is 6.31. The average Bonchev–Trinajstić information content (AvgIpc) is 2.66. The summed E-state index contributed by atoms with van der Waals surface area (Å²) in [5, 5.41) is 4.43. The molecule has 0 bridgehead atoms. The Balaban J connectivity index is 1.76. The van der Waals surface area contributed by atoms with E-state index in [4.69, 9.17) is 11.6 Å². The van der Waals surface area contributed by atoms with E-state index in [0.717, 1.165) is 11.1 Å². The van der Waals surface area contributed by atoms with Gasteiger partial charge in [-0.2, -0.15) is 5.10 Å². The standard InChI is InChI=1S/C19H15ClN4O2/c20-17-6-2-1-4-15(17)13-24-11-3-5-16(19(24)26)18(25)23-22-12-14-7-9-21-10-8-14/h1-12H,13H2,(H,23,25)/b22-12-. The van der Waals surface area contributed by atoms with Gasteiger partial charge in [0.25, 0.3) is 11.5 Å². The number of nitrogens with zero attached hydrogens (tertiary/aromatic N) is 3. The van der Waals surface area contributed by atoms with E-state index in [1.807, 2.05) is 18.2 Å². The minimum Gasteiger partial charge on any atom is -0.310 e. The number of amides is 1. The summed E-state index contributed by atoms with van der Waals surface area (Å²) in [6.45, 7) is 0.278. The van der Waals surface area contributed by atoms with Crippen LogP contribution in [0.3, 0.4) is 0 Å². The van der Waals surface area contributed by atoms with Crippen LogP contribution in [0.5, 0.6) is 0 Å². The first kappa shape index (κ1) is 17.6. The molecule has 2 heterocycles. The first-order chi connectivity index (χ1) is 12.6. The predicted octanol–water partition coefficient (Wildman–Crippen LogP) is 2.71. The lowest BCUT2D eigenvalue weighted by atomic mass is 10.2. The first-order valence-electron chi connectivity index (χ1n) is 7.81. The minimum absolute atomic E-state index is 0.00596. The van der Waals surface area contributed by atoms with Crippen molar-refractivity contribution >= 4 is 23.7 Å². The van der Waals surface area contributed by atoms with Crippen molar-refractivity contribution in [1.82, 2.24) is 15.0 Å². The van der Waals surface area contributed by atoms with Crippen LogP contribution < -0.4 is 11.0 Å². The van der Waals surface area contributed by atoms with Gasteiger partial charge in [-0.25, -0.2) is 5.43 Å². The molecule has 26 heavy (non-hydrogen) atoms. The predicted molar refractivity (Wildman–Crippen MR) is 101 cm³/mol. The van der Waals surface area contributed by atoms with Gasteiger partial charge in [-0.3, -0.25) is 14.6 Å². The van der Waals surface area contributed by atoms with Crippen LogP contribution >= 0.6 is 11.6 Å². The molecular weight excluding hydrogens is 352 g/mol. The fourth-order valence-corrected chi connectivity index (χ4v) is 2.51. The quantitative estimate of drug-likeness (QED) is 0.557. The normalized spacial score (nSPS) is 10.8. The molecule has 130 valence electrons. The molecule has 0 aliphatic carbocycles. The fraction of sp³-hybridized carbons (Fsp3) is 0.0526. The maximum atomic E-state index is 12.6. The molecule has 0 aliphatic rings. The van der Waals surface area contributed by atoms with Crippen LogP contribution in [0.15, 0.2) is 77.0 Å². The molecule has 0 saturated carbocycles. The maximum Gasteiger partial charge on any atom is 0.276 e. The highest BCUT2D eigenvalue weighted by Gasteiger charge is 2.12. The molecule has 0 saturated heterocycles. The number of hydrogen-bond acceptors (Lipinski definition) is 4. The zero-order valence-electron chi connectivity index (χ0n) is 13.7. The van der Waals surface area contributed by atoms with Crippen LogP contribution in [0, 0.1) is 0 Å². The number of rotatable bonds is 5. The Morgan fingerprint density at radius 3 is 2.69 bits per heavy atom. The molecular formula is C19H15ClN4O2. The smallest absolute Gasteiger partial charge is 0.276 e. The van der Waals surface area contributed by atoms with Crippen LogP contribution in [-0.4, -0.2) is 21.7 Å². The monoisotopic (exact) mass is 366 g/mol. The summed E-state index contributed by atoms with van der Waals surface area (Å²) in [6, 6.07) is 13.8. The molecule has 3 aromatic rings. The summed E-state index contributed by atoms with van der Waals surface area (Å²) >= 11 is 6.14. The highest BCUT2D eigenvalue weighted by atomic mass is 35.5. The molecule has 1 aromatic carbocycles. The number of aromatic nitrogens is 2. The van der Waals surface area contributed by atoms with E-state index in [1.54, 1.807) is 42.9 Å². The number of pyridine rings is 2. The van der Waals surface area contributed by atoms with Crippen LogP contribution in [0.25, 0.3) is 0 Å². The van der Waals surface area contributed by atoms with Crippen molar-refractivity contribution in [2.75, 3.05) is 0 Å². The number of hydrazone groups is 1. The molecule has 0 radical (unpaired) electrons. The summed E-state index contributed by atoms with van der Waals surface area (Å²) in [7, 11) is 0. The van der Waals surface area contributed by atoms with Gasteiger partial charge in [0, 0.05) is 23.6 Å². The third-order valence-electron chi connectivity index (χ3n) is 3.65. The van der Waals surface area contributed by atoms with Crippen molar-refractivity contribution in [3.8, 4) is 0 Å². The Morgan fingerprint density at radius 1 is 1.15 bits per heavy atom. The molecule has 7 heteroatoms. The summed E-state index contributed by atoms with van der Waals surface area (Å²) in [5.41, 5.74) is 3.53. The largest absolute Gasteiger partial charge is 0.310 e. The van der Waals surface area contributed by atoms with Gasteiger partial charge < -0.3 is 4.57 Å². The maximum absolute atomic E-state index is 12.6. The zero-order chi connectivity index (χ0) is 18.4. The Labute approximate surface area is 154 Å². The molecule has 3 rings (SSSR count). The molecule has 0 unspecified atom stereocenters. The Kier molecular flexibility index (Phi) is 5.56. The third-order valence-corrected chi connectivity index (χ3v) is 4.02. The summed E-state index contributed by atoms with van der Waals surface area (Å²) in [5.74, 6) is -0.575. The Hall–Kier alpha value is -3.25.